The molecule has 1 aromatic carbocycles. The van der Waals surface area contributed by atoms with Crippen molar-refractivity contribution in [2.24, 2.45) is 0 Å². The second-order valence-corrected chi connectivity index (χ2v) is 6.48. The summed E-state index contributed by atoms with van der Waals surface area (Å²) in [5.74, 6) is 1.01. The summed E-state index contributed by atoms with van der Waals surface area (Å²) in [5, 5.41) is 11.9. The molecular weight excluding hydrogens is 260 g/mol. The van der Waals surface area contributed by atoms with Gasteiger partial charge in [0, 0.05) is 12.6 Å². The van der Waals surface area contributed by atoms with Gasteiger partial charge in [-0.25, -0.2) is 0 Å². The summed E-state index contributed by atoms with van der Waals surface area (Å²) in [6, 6.07) is 9.24. The van der Waals surface area contributed by atoms with Crippen LogP contribution in [0.5, 0.6) is 0 Å². The fourth-order valence-electron chi connectivity index (χ4n) is 3.32. The maximum atomic E-state index is 4.21. The van der Waals surface area contributed by atoms with E-state index in [1.54, 1.807) is 6.33 Å². The van der Waals surface area contributed by atoms with Gasteiger partial charge in [-0.2, -0.15) is 0 Å². The van der Waals surface area contributed by atoms with Crippen LogP contribution in [0.4, 0.5) is 0 Å². The monoisotopic (exact) mass is 284 g/mol. The fourth-order valence-corrected chi connectivity index (χ4v) is 3.32. The molecule has 0 radical (unpaired) electrons. The summed E-state index contributed by atoms with van der Waals surface area (Å²) in [4.78, 5) is 0. The number of nitrogens with zero attached hydrogens (tertiary/aromatic N) is 3. The molecule has 1 N–H and O–H groups in total. The highest BCUT2D eigenvalue weighted by molar-refractivity contribution is 5.38. The highest BCUT2D eigenvalue weighted by Gasteiger charge is 2.32. The van der Waals surface area contributed by atoms with E-state index in [1.807, 2.05) is 0 Å². The van der Waals surface area contributed by atoms with E-state index in [0.29, 0.717) is 6.04 Å². The second kappa shape index (κ2) is 5.60. The van der Waals surface area contributed by atoms with Crippen LogP contribution in [0.3, 0.4) is 0 Å². The molecule has 4 nitrogen and oxygen atoms in total. The van der Waals surface area contributed by atoms with E-state index in [9.17, 15) is 0 Å². The lowest BCUT2D eigenvalue weighted by atomic mass is 9.71. The fraction of sp³-hybridized carbons (Fsp3) is 0.529. The molecule has 1 unspecified atom stereocenters. The Morgan fingerprint density at radius 2 is 2.14 bits per heavy atom. The third kappa shape index (κ3) is 2.72. The molecule has 3 rings (SSSR count). The zero-order valence-corrected chi connectivity index (χ0v) is 13.1. The largest absolute Gasteiger partial charge is 0.317 e. The minimum absolute atomic E-state index is 0.276. The van der Waals surface area contributed by atoms with Crippen molar-refractivity contribution >= 4 is 0 Å². The number of benzene rings is 1. The molecule has 0 aliphatic heterocycles. The van der Waals surface area contributed by atoms with Crippen molar-refractivity contribution in [1.82, 2.24) is 20.1 Å². The Hall–Kier alpha value is -1.68. The highest BCUT2D eigenvalue weighted by Crippen LogP contribution is 2.41. The molecule has 1 aliphatic carbocycles. The van der Waals surface area contributed by atoms with E-state index in [-0.39, 0.29) is 5.41 Å². The van der Waals surface area contributed by atoms with Crippen LogP contribution in [-0.4, -0.2) is 14.8 Å². The van der Waals surface area contributed by atoms with Gasteiger partial charge >= 0.3 is 0 Å². The van der Waals surface area contributed by atoms with Gasteiger partial charge in [-0.15, -0.1) is 10.2 Å². The number of aryl methyl sites for hydroxylation is 1. The van der Waals surface area contributed by atoms with Gasteiger partial charge in [-0.1, -0.05) is 38.1 Å². The normalized spacial score (nSPS) is 20.2. The third-order valence-electron chi connectivity index (χ3n) is 4.67. The van der Waals surface area contributed by atoms with Gasteiger partial charge in [0.1, 0.15) is 12.2 Å². The minimum atomic E-state index is 0.276. The molecule has 21 heavy (non-hydrogen) atoms. The molecular formula is C17H24N4. The zero-order valence-electron chi connectivity index (χ0n) is 13.1. The van der Waals surface area contributed by atoms with Crippen LogP contribution in [-0.2, 0) is 18.5 Å². The lowest BCUT2D eigenvalue weighted by molar-refractivity contribution is 0.354. The van der Waals surface area contributed by atoms with E-state index in [1.165, 1.54) is 24.0 Å². The van der Waals surface area contributed by atoms with Crippen LogP contribution in [0.1, 0.15) is 56.6 Å². The summed E-state index contributed by atoms with van der Waals surface area (Å²) < 4.78 is 2.09. The van der Waals surface area contributed by atoms with Gasteiger partial charge in [-0.3, -0.25) is 0 Å². The van der Waals surface area contributed by atoms with Gasteiger partial charge in [-0.05, 0) is 36.3 Å². The number of aromatic nitrogens is 3. The van der Waals surface area contributed by atoms with E-state index < -0.39 is 0 Å². The Kier molecular flexibility index (Phi) is 3.81. The average molecular weight is 284 g/mol. The number of rotatable bonds is 4. The van der Waals surface area contributed by atoms with Gasteiger partial charge < -0.3 is 9.88 Å². The number of nitrogens with one attached hydrogen (secondary N) is 1. The first kappa shape index (κ1) is 14.3. The lowest BCUT2D eigenvalue weighted by Crippen LogP contribution is -2.32. The molecule has 0 amide bonds. The molecule has 0 fully saturated rings. The van der Waals surface area contributed by atoms with Gasteiger partial charge in [0.2, 0.25) is 0 Å². The van der Waals surface area contributed by atoms with E-state index in [2.05, 4.69) is 65.1 Å². The van der Waals surface area contributed by atoms with Crippen molar-refractivity contribution < 1.29 is 0 Å². The standard InChI is InChI=1S/C17H24N4/c1-4-21-12-19-20-16(21)11-18-15-9-10-17(2,3)14-8-6-5-7-13(14)15/h5-8,12,15,18H,4,9-11H2,1-3H3. The minimum Gasteiger partial charge on any atom is -0.317 e. The number of fused-ring (bicyclic) bond motifs is 1. The first-order valence-corrected chi connectivity index (χ1v) is 7.81. The van der Waals surface area contributed by atoms with Crippen LogP contribution >= 0.6 is 0 Å². The molecule has 0 saturated carbocycles. The zero-order chi connectivity index (χ0) is 14.9. The van der Waals surface area contributed by atoms with Crippen molar-refractivity contribution in [3.63, 3.8) is 0 Å². The van der Waals surface area contributed by atoms with Crippen molar-refractivity contribution in [1.29, 1.82) is 0 Å². The van der Waals surface area contributed by atoms with Crippen LogP contribution in [0.25, 0.3) is 0 Å². The van der Waals surface area contributed by atoms with Gasteiger partial charge in [0.25, 0.3) is 0 Å². The Morgan fingerprint density at radius 1 is 1.33 bits per heavy atom. The summed E-state index contributed by atoms with van der Waals surface area (Å²) in [6.07, 6.45) is 4.18. The first-order valence-electron chi connectivity index (χ1n) is 7.81. The van der Waals surface area contributed by atoms with Crippen LogP contribution in [0.2, 0.25) is 0 Å². The molecule has 0 spiro atoms. The summed E-state index contributed by atoms with van der Waals surface area (Å²) in [7, 11) is 0. The molecule has 2 aromatic rings. The first-order chi connectivity index (χ1) is 10.1. The lowest BCUT2D eigenvalue weighted by Gasteiger charge is -2.37. The topological polar surface area (TPSA) is 42.7 Å². The van der Waals surface area contributed by atoms with Crippen LogP contribution < -0.4 is 5.32 Å². The predicted octanol–water partition coefficient (Wildman–Crippen LogP) is 3.20. The highest BCUT2D eigenvalue weighted by atomic mass is 15.3. The predicted molar refractivity (Wildman–Crippen MR) is 84.0 cm³/mol. The van der Waals surface area contributed by atoms with Crippen molar-refractivity contribution in [2.75, 3.05) is 0 Å². The van der Waals surface area contributed by atoms with Crippen LogP contribution in [0, 0.1) is 0 Å². The van der Waals surface area contributed by atoms with Gasteiger partial charge in [0.05, 0.1) is 6.54 Å². The van der Waals surface area contributed by atoms with Crippen molar-refractivity contribution in [3.05, 3.63) is 47.5 Å². The molecule has 0 saturated heterocycles. The van der Waals surface area contributed by atoms with Crippen molar-refractivity contribution in [3.8, 4) is 0 Å². The smallest absolute Gasteiger partial charge is 0.146 e. The molecule has 1 aromatic heterocycles. The molecule has 1 heterocycles. The van der Waals surface area contributed by atoms with E-state index in [4.69, 9.17) is 0 Å². The molecule has 0 bridgehead atoms. The molecule has 112 valence electrons. The number of hydrogen-bond acceptors (Lipinski definition) is 3. The molecule has 4 heteroatoms. The van der Waals surface area contributed by atoms with Crippen molar-refractivity contribution in [2.45, 2.75) is 58.2 Å². The summed E-state index contributed by atoms with van der Waals surface area (Å²) >= 11 is 0. The molecule has 1 aliphatic rings. The number of hydrogen-bond donors (Lipinski definition) is 1. The van der Waals surface area contributed by atoms with Crippen LogP contribution in [0.15, 0.2) is 30.6 Å². The summed E-state index contributed by atoms with van der Waals surface area (Å²) in [6.45, 7) is 8.49. The van der Waals surface area contributed by atoms with Gasteiger partial charge in [0.15, 0.2) is 0 Å². The average Bonchev–Trinajstić information content (AvgIpc) is 2.94. The van der Waals surface area contributed by atoms with E-state index in [0.717, 1.165) is 18.9 Å². The SMILES string of the molecule is CCn1cnnc1CNC1CCC(C)(C)c2ccccc21. The maximum absolute atomic E-state index is 4.21. The Balaban J connectivity index is 1.78. The third-order valence-corrected chi connectivity index (χ3v) is 4.67. The Labute approximate surface area is 126 Å². The van der Waals surface area contributed by atoms with E-state index >= 15 is 0 Å². The molecule has 1 atom stereocenters. The Bertz CT molecular complexity index is 615. The maximum Gasteiger partial charge on any atom is 0.146 e. The second-order valence-electron chi connectivity index (χ2n) is 6.48. The Morgan fingerprint density at radius 3 is 2.95 bits per heavy atom. The quantitative estimate of drug-likeness (QED) is 0.937. The summed E-state index contributed by atoms with van der Waals surface area (Å²) in [5.41, 5.74) is 3.19.